The number of halogens is 1. The lowest BCUT2D eigenvalue weighted by Crippen LogP contribution is -2.12. The fourth-order valence-corrected chi connectivity index (χ4v) is 2.26. The van der Waals surface area contributed by atoms with Crippen molar-refractivity contribution in [3.8, 4) is 5.75 Å². The van der Waals surface area contributed by atoms with E-state index in [4.69, 9.17) is 5.11 Å². The molecule has 0 aliphatic heterocycles. The van der Waals surface area contributed by atoms with Gasteiger partial charge < -0.3 is 10.2 Å². The van der Waals surface area contributed by atoms with Crippen LogP contribution in [0.1, 0.15) is 12.5 Å². The molecule has 0 saturated carbocycles. The van der Waals surface area contributed by atoms with Gasteiger partial charge in [0.25, 0.3) is 0 Å². The average molecular weight is 309 g/mol. The second-order valence-electron chi connectivity index (χ2n) is 4.42. The highest BCUT2D eigenvalue weighted by Crippen LogP contribution is 2.28. The van der Waals surface area contributed by atoms with Crippen molar-refractivity contribution in [3.05, 3.63) is 40.4 Å². The maximum Gasteiger partial charge on any atom is 0.306 e. The zero-order valence-electron chi connectivity index (χ0n) is 9.85. The number of benzene rings is 2. The Kier molecular flexibility index (Phi) is 3.57. The summed E-state index contributed by atoms with van der Waals surface area (Å²) >= 11 is 3.39. The van der Waals surface area contributed by atoms with Crippen LogP contribution in [-0.2, 0) is 11.2 Å². The summed E-state index contributed by atoms with van der Waals surface area (Å²) in [4.78, 5) is 10.8. The molecule has 0 aliphatic carbocycles. The number of hydrogen-bond donors (Lipinski definition) is 2. The van der Waals surface area contributed by atoms with Gasteiger partial charge in [0.05, 0.1) is 5.92 Å². The molecule has 1 atom stereocenters. The van der Waals surface area contributed by atoms with Gasteiger partial charge in [-0.2, -0.15) is 0 Å². The van der Waals surface area contributed by atoms with Crippen LogP contribution in [0.4, 0.5) is 0 Å². The molecule has 0 saturated heterocycles. The highest BCUT2D eigenvalue weighted by Gasteiger charge is 2.14. The zero-order valence-corrected chi connectivity index (χ0v) is 11.4. The summed E-state index contributed by atoms with van der Waals surface area (Å²) in [5.41, 5.74) is 0.663. The molecule has 2 rings (SSSR count). The Bertz CT molecular complexity index is 607. The molecule has 2 N–H and O–H groups in total. The third kappa shape index (κ3) is 2.64. The lowest BCUT2D eigenvalue weighted by molar-refractivity contribution is -0.141. The Balaban J connectivity index is 2.44. The first-order valence-electron chi connectivity index (χ1n) is 5.61. The Morgan fingerprint density at radius 2 is 2.00 bits per heavy atom. The molecule has 0 radical (unpaired) electrons. The molecule has 0 fully saturated rings. The first kappa shape index (κ1) is 12.9. The van der Waals surface area contributed by atoms with E-state index < -0.39 is 11.9 Å². The summed E-state index contributed by atoms with van der Waals surface area (Å²) < 4.78 is 0.956. The molecule has 3 nitrogen and oxygen atoms in total. The van der Waals surface area contributed by atoms with Gasteiger partial charge in [0.2, 0.25) is 0 Å². The number of aromatic hydroxyl groups is 1. The summed E-state index contributed by atoms with van der Waals surface area (Å²) in [5.74, 6) is -1.22. The van der Waals surface area contributed by atoms with Crippen molar-refractivity contribution >= 4 is 32.7 Å². The first-order valence-corrected chi connectivity index (χ1v) is 6.40. The summed E-state index contributed by atoms with van der Waals surface area (Å²) in [7, 11) is 0. The van der Waals surface area contributed by atoms with Crippen LogP contribution in [0.15, 0.2) is 34.8 Å². The molecule has 1 unspecified atom stereocenters. The number of aliphatic carboxylic acids is 1. The van der Waals surface area contributed by atoms with Gasteiger partial charge in [-0.3, -0.25) is 4.79 Å². The standard InChI is InChI=1S/C14H13BrO3/c1-8(14(17)18)4-11-5-10-6-12(15)3-2-9(10)7-13(11)16/h2-3,5-8,16H,4H2,1H3,(H,17,18). The van der Waals surface area contributed by atoms with E-state index in [0.29, 0.717) is 12.0 Å². The molecule has 0 spiro atoms. The number of carboxylic acids is 1. The van der Waals surface area contributed by atoms with Gasteiger partial charge >= 0.3 is 5.97 Å². The van der Waals surface area contributed by atoms with Gasteiger partial charge in [-0.1, -0.05) is 28.9 Å². The molecule has 2 aromatic rings. The Morgan fingerprint density at radius 3 is 2.67 bits per heavy atom. The van der Waals surface area contributed by atoms with E-state index >= 15 is 0 Å². The van der Waals surface area contributed by atoms with Crippen LogP contribution < -0.4 is 0 Å². The number of phenols is 1. The molecule has 94 valence electrons. The number of hydrogen-bond acceptors (Lipinski definition) is 2. The van der Waals surface area contributed by atoms with E-state index in [1.54, 1.807) is 13.0 Å². The molecular weight excluding hydrogens is 296 g/mol. The zero-order chi connectivity index (χ0) is 13.3. The van der Waals surface area contributed by atoms with Crippen LogP contribution in [-0.4, -0.2) is 16.2 Å². The Labute approximate surface area is 113 Å². The maximum absolute atomic E-state index is 10.8. The Morgan fingerprint density at radius 1 is 1.28 bits per heavy atom. The van der Waals surface area contributed by atoms with Crippen molar-refractivity contribution in [3.63, 3.8) is 0 Å². The third-order valence-corrected chi connectivity index (χ3v) is 3.44. The molecule has 18 heavy (non-hydrogen) atoms. The molecule has 4 heteroatoms. The quantitative estimate of drug-likeness (QED) is 0.911. The topological polar surface area (TPSA) is 57.5 Å². The second kappa shape index (κ2) is 4.98. The van der Waals surface area contributed by atoms with Gasteiger partial charge in [0.1, 0.15) is 5.75 Å². The van der Waals surface area contributed by atoms with Crippen LogP contribution in [0.25, 0.3) is 10.8 Å². The summed E-state index contributed by atoms with van der Waals surface area (Å²) in [6.45, 7) is 1.63. The van der Waals surface area contributed by atoms with E-state index in [1.807, 2.05) is 24.3 Å². The van der Waals surface area contributed by atoms with E-state index in [-0.39, 0.29) is 5.75 Å². The lowest BCUT2D eigenvalue weighted by atomic mass is 9.97. The van der Waals surface area contributed by atoms with E-state index in [0.717, 1.165) is 15.2 Å². The van der Waals surface area contributed by atoms with Crippen LogP contribution in [0.3, 0.4) is 0 Å². The number of carboxylic acid groups (broad SMARTS) is 1. The molecule has 0 aromatic heterocycles. The molecule has 0 heterocycles. The number of rotatable bonds is 3. The number of phenolic OH excluding ortho intramolecular Hbond substituents is 1. The van der Waals surface area contributed by atoms with Crippen molar-refractivity contribution in [1.29, 1.82) is 0 Å². The van der Waals surface area contributed by atoms with E-state index in [2.05, 4.69) is 15.9 Å². The third-order valence-electron chi connectivity index (χ3n) is 2.95. The highest BCUT2D eigenvalue weighted by atomic mass is 79.9. The van der Waals surface area contributed by atoms with Crippen molar-refractivity contribution in [1.82, 2.24) is 0 Å². The average Bonchev–Trinajstić information content (AvgIpc) is 2.30. The minimum absolute atomic E-state index is 0.151. The largest absolute Gasteiger partial charge is 0.508 e. The SMILES string of the molecule is CC(Cc1cc2cc(Br)ccc2cc1O)C(=O)O. The smallest absolute Gasteiger partial charge is 0.306 e. The van der Waals surface area contributed by atoms with Crippen molar-refractivity contribution in [2.45, 2.75) is 13.3 Å². The van der Waals surface area contributed by atoms with Gasteiger partial charge in [-0.25, -0.2) is 0 Å². The van der Waals surface area contributed by atoms with Gasteiger partial charge in [-0.05, 0) is 47.0 Å². The van der Waals surface area contributed by atoms with E-state index in [9.17, 15) is 9.90 Å². The van der Waals surface area contributed by atoms with Crippen LogP contribution in [0.5, 0.6) is 5.75 Å². The highest BCUT2D eigenvalue weighted by molar-refractivity contribution is 9.10. The molecule has 0 amide bonds. The Hall–Kier alpha value is -1.55. The van der Waals surface area contributed by atoms with E-state index in [1.165, 1.54) is 0 Å². The predicted octanol–water partition coefficient (Wildman–Crippen LogP) is 3.57. The monoisotopic (exact) mass is 308 g/mol. The van der Waals surface area contributed by atoms with Crippen molar-refractivity contribution in [2.24, 2.45) is 5.92 Å². The molecule has 2 aromatic carbocycles. The molecular formula is C14H13BrO3. The minimum Gasteiger partial charge on any atom is -0.508 e. The van der Waals surface area contributed by atoms with Gasteiger partial charge in [0.15, 0.2) is 0 Å². The normalized spacial score (nSPS) is 12.6. The number of carbonyl (C=O) groups is 1. The fraction of sp³-hybridized carbons (Fsp3) is 0.214. The van der Waals surface area contributed by atoms with Gasteiger partial charge in [-0.15, -0.1) is 0 Å². The summed E-state index contributed by atoms with van der Waals surface area (Å²) in [6, 6.07) is 9.27. The van der Waals surface area contributed by atoms with Crippen LogP contribution in [0, 0.1) is 5.92 Å². The van der Waals surface area contributed by atoms with Crippen LogP contribution in [0.2, 0.25) is 0 Å². The van der Waals surface area contributed by atoms with Gasteiger partial charge in [0, 0.05) is 4.47 Å². The predicted molar refractivity (Wildman–Crippen MR) is 73.8 cm³/mol. The van der Waals surface area contributed by atoms with Crippen LogP contribution >= 0.6 is 15.9 Å². The lowest BCUT2D eigenvalue weighted by Gasteiger charge is -2.10. The maximum atomic E-state index is 10.8. The minimum atomic E-state index is -0.858. The van der Waals surface area contributed by atoms with Crippen molar-refractivity contribution in [2.75, 3.05) is 0 Å². The number of fused-ring (bicyclic) bond motifs is 1. The first-order chi connectivity index (χ1) is 8.47. The fourth-order valence-electron chi connectivity index (χ4n) is 1.88. The van der Waals surface area contributed by atoms with Crippen molar-refractivity contribution < 1.29 is 15.0 Å². The summed E-state index contributed by atoms with van der Waals surface area (Å²) in [5, 5.41) is 20.7. The second-order valence-corrected chi connectivity index (χ2v) is 5.33. The summed E-state index contributed by atoms with van der Waals surface area (Å²) in [6.07, 6.45) is 0.323. The molecule has 0 aliphatic rings. The molecule has 0 bridgehead atoms.